The van der Waals surface area contributed by atoms with Gasteiger partial charge in [0.25, 0.3) is 0 Å². The van der Waals surface area contributed by atoms with Crippen molar-refractivity contribution in [3.63, 3.8) is 0 Å². The Labute approximate surface area is 92.1 Å². The van der Waals surface area contributed by atoms with Crippen LogP contribution in [0.5, 0.6) is 0 Å². The number of anilines is 1. The van der Waals surface area contributed by atoms with Gasteiger partial charge in [-0.3, -0.25) is 0 Å². The third kappa shape index (κ3) is 2.51. The first-order valence-corrected chi connectivity index (χ1v) is 4.83. The molecule has 0 fully saturated rings. The molecule has 84 valence electrons. The van der Waals surface area contributed by atoms with Gasteiger partial charge in [-0.15, -0.1) is 5.10 Å². The van der Waals surface area contributed by atoms with Crippen molar-refractivity contribution in [3.8, 4) is 0 Å². The lowest BCUT2D eigenvalue weighted by Crippen LogP contribution is -2.03. The molecule has 0 amide bonds. The molecule has 2 aromatic rings. The second-order valence-corrected chi connectivity index (χ2v) is 3.15. The zero-order chi connectivity index (χ0) is 11.4. The number of nitrogens with one attached hydrogen (secondary N) is 1. The van der Waals surface area contributed by atoms with Crippen molar-refractivity contribution in [2.24, 2.45) is 5.73 Å². The van der Waals surface area contributed by atoms with Gasteiger partial charge < -0.3 is 15.5 Å². The van der Waals surface area contributed by atoms with E-state index in [9.17, 15) is 0 Å². The average molecular weight is 220 g/mol. The molecular formula is C9H12N6O. The molecule has 0 unspecified atom stereocenters. The lowest BCUT2D eigenvalue weighted by atomic mass is 10.4. The zero-order valence-electron chi connectivity index (χ0n) is 8.84. The average Bonchev–Trinajstić information content (AvgIpc) is 2.74. The number of hydrogen-bond donors (Lipinski definition) is 2. The first-order chi connectivity index (χ1) is 7.78. The molecule has 7 nitrogen and oxygen atoms in total. The summed E-state index contributed by atoms with van der Waals surface area (Å²) in [5.41, 5.74) is 6.21. The maximum absolute atomic E-state index is 5.35. The topological polar surface area (TPSA) is 103 Å². The van der Waals surface area contributed by atoms with Crippen molar-refractivity contribution in [2.75, 3.05) is 5.32 Å². The van der Waals surface area contributed by atoms with E-state index >= 15 is 0 Å². The Morgan fingerprint density at radius 2 is 2.31 bits per heavy atom. The Bertz CT molecular complexity index is 469. The Kier molecular flexibility index (Phi) is 3.06. The fourth-order valence-corrected chi connectivity index (χ4v) is 1.18. The molecule has 0 saturated carbocycles. The molecule has 7 heteroatoms. The third-order valence-electron chi connectivity index (χ3n) is 1.90. The van der Waals surface area contributed by atoms with Crippen molar-refractivity contribution < 1.29 is 4.42 Å². The van der Waals surface area contributed by atoms with Gasteiger partial charge in [-0.1, -0.05) is 5.10 Å². The van der Waals surface area contributed by atoms with Crippen molar-refractivity contribution in [2.45, 2.75) is 20.0 Å². The molecule has 0 aliphatic carbocycles. The highest BCUT2D eigenvalue weighted by atomic mass is 16.4. The summed E-state index contributed by atoms with van der Waals surface area (Å²) >= 11 is 0. The van der Waals surface area contributed by atoms with Crippen LogP contribution in [-0.4, -0.2) is 20.2 Å². The Morgan fingerprint density at radius 1 is 1.44 bits per heavy atom. The van der Waals surface area contributed by atoms with Gasteiger partial charge in [0.1, 0.15) is 5.82 Å². The number of aromatic nitrogens is 4. The summed E-state index contributed by atoms with van der Waals surface area (Å²) in [6, 6.07) is 2.16. The van der Waals surface area contributed by atoms with Crippen LogP contribution in [0.1, 0.15) is 17.4 Å². The van der Waals surface area contributed by atoms with E-state index in [2.05, 4.69) is 25.5 Å². The van der Waals surface area contributed by atoms with E-state index in [-0.39, 0.29) is 6.54 Å². The normalized spacial score (nSPS) is 10.4. The number of rotatable bonds is 4. The number of hydrogen-bond acceptors (Lipinski definition) is 7. The standard InChI is InChI=1S/C9H12N6O/c1-6-11-3-2-7(13-6)5-12-9-15-14-8(4-10)16-9/h2-3H,4-5,10H2,1H3,(H,12,15). The van der Waals surface area contributed by atoms with Gasteiger partial charge in [0, 0.05) is 6.20 Å². The van der Waals surface area contributed by atoms with E-state index < -0.39 is 0 Å². The van der Waals surface area contributed by atoms with E-state index in [0.717, 1.165) is 11.5 Å². The molecule has 0 atom stereocenters. The fraction of sp³-hybridized carbons (Fsp3) is 0.333. The lowest BCUT2D eigenvalue weighted by Gasteiger charge is -2.00. The summed E-state index contributed by atoms with van der Waals surface area (Å²) in [5, 5.41) is 10.5. The van der Waals surface area contributed by atoms with Gasteiger partial charge >= 0.3 is 6.01 Å². The van der Waals surface area contributed by atoms with Crippen molar-refractivity contribution in [3.05, 3.63) is 29.7 Å². The van der Waals surface area contributed by atoms with Crippen LogP contribution in [0.3, 0.4) is 0 Å². The van der Waals surface area contributed by atoms with Crippen LogP contribution in [0.2, 0.25) is 0 Å². The lowest BCUT2D eigenvalue weighted by molar-refractivity contribution is 0.507. The van der Waals surface area contributed by atoms with Crippen molar-refractivity contribution in [1.29, 1.82) is 0 Å². The summed E-state index contributed by atoms with van der Waals surface area (Å²) in [5.74, 6) is 1.13. The largest absolute Gasteiger partial charge is 0.407 e. The van der Waals surface area contributed by atoms with Crippen LogP contribution >= 0.6 is 0 Å². The maximum Gasteiger partial charge on any atom is 0.315 e. The quantitative estimate of drug-likeness (QED) is 0.760. The van der Waals surface area contributed by atoms with Gasteiger partial charge in [0.15, 0.2) is 0 Å². The highest BCUT2D eigenvalue weighted by Gasteiger charge is 2.03. The van der Waals surface area contributed by atoms with Gasteiger partial charge in [0.2, 0.25) is 5.89 Å². The minimum absolute atomic E-state index is 0.237. The second kappa shape index (κ2) is 4.67. The molecule has 2 aromatic heterocycles. The van der Waals surface area contributed by atoms with Gasteiger partial charge in [0.05, 0.1) is 18.8 Å². The van der Waals surface area contributed by atoms with E-state index in [1.54, 1.807) is 6.20 Å². The van der Waals surface area contributed by atoms with Crippen LogP contribution in [0.4, 0.5) is 6.01 Å². The van der Waals surface area contributed by atoms with Gasteiger partial charge in [-0.25, -0.2) is 9.97 Å². The predicted octanol–water partition coefficient (Wildman–Crippen LogP) is 0.239. The highest BCUT2D eigenvalue weighted by molar-refractivity contribution is 5.19. The maximum atomic E-state index is 5.35. The van der Waals surface area contributed by atoms with Crippen LogP contribution in [0.25, 0.3) is 0 Å². The molecule has 3 N–H and O–H groups in total. The van der Waals surface area contributed by atoms with Crippen molar-refractivity contribution in [1.82, 2.24) is 20.2 Å². The van der Waals surface area contributed by atoms with Crippen LogP contribution in [-0.2, 0) is 13.1 Å². The minimum Gasteiger partial charge on any atom is -0.407 e. The smallest absolute Gasteiger partial charge is 0.315 e. The first-order valence-electron chi connectivity index (χ1n) is 4.83. The fourth-order valence-electron chi connectivity index (χ4n) is 1.18. The first kappa shape index (κ1) is 10.5. The molecule has 16 heavy (non-hydrogen) atoms. The third-order valence-corrected chi connectivity index (χ3v) is 1.90. The monoisotopic (exact) mass is 220 g/mol. The van der Waals surface area contributed by atoms with E-state index in [1.807, 2.05) is 13.0 Å². The Hall–Kier alpha value is -2.02. The van der Waals surface area contributed by atoms with Crippen LogP contribution in [0.15, 0.2) is 16.7 Å². The second-order valence-electron chi connectivity index (χ2n) is 3.15. The molecule has 0 bridgehead atoms. The summed E-state index contributed by atoms with van der Waals surface area (Å²) < 4.78 is 5.18. The van der Waals surface area contributed by atoms with Crippen molar-refractivity contribution >= 4 is 6.01 Å². The molecule has 0 radical (unpaired) electrons. The van der Waals surface area contributed by atoms with E-state index in [4.69, 9.17) is 10.2 Å². The van der Waals surface area contributed by atoms with Crippen LogP contribution in [0, 0.1) is 6.92 Å². The molecule has 2 rings (SSSR count). The number of nitrogens with two attached hydrogens (primary N) is 1. The van der Waals surface area contributed by atoms with Gasteiger partial charge in [-0.05, 0) is 13.0 Å². The molecule has 0 aliphatic heterocycles. The Balaban J connectivity index is 1.96. The Morgan fingerprint density at radius 3 is 3.00 bits per heavy atom. The minimum atomic E-state index is 0.237. The molecule has 0 aromatic carbocycles. The predicted molar refractivity (Wildman–Crippen MR) is 56.3 cm³/mol. The molecule has 0 spiro atoms. The number of nitrogens with zero attached hydrogens (tertiary/aromatic N) is 4. The highest BCUT2D eigenvalue weighted by Crippen LogP contribution is 2.06. The zero-order valence-corrected chi connectivity index (χ0v) is 8.84. The summed E-state index contributed by atoms with van der Waals surface area (Å²) in [7, 11) is 0. The number of aryl methyl sites for hydroxylation is 1. The molecule has 2 heterocycles. The SMILES string of the molecule is Cc1nccc(CNc2nnc(CN)o2)n1. The van der Waals surface area contributed by atoms with E-state index in [0.29, 0.717) is 18.5 Å². The molecular weight excluding hydrogens is 208 g/mol. The summed E-state index contributed by atoms with van der Waals surface area (Å²) in [6.07, 6.45) is 1.71. The molecule has 0 aliphatic rings. The van der Waals surface area contributed by atoms with E-state index in [1.165, 1.54) is 0 Å². The van der Waals surface area contributed by atoms with Gasteiger partial charge in [-0.2, -0.15) is 0 Å². The summed E-state index contributed by atoms with van der Waals surface area (Å²) in [6.45, 7) is 2.58. The van der Waals surface area contributed by atoms with Crippen LogP contribution < -0.4 is 11.1 Å². The summed E-state index contributed by atoms with van der Waals surface area (Å²) in [4.78, 5) is 8.23. The molecule has 0 saturated heterocycles.